The van der Waals surface area contributed by atoms with Gasteiger partial charge in [0.05, 0.1) is 17.0 Å². The molecular formula is C11H15N3O3S. The highest BCUT2D eigenvalue weighted by Gasteiger charge is 2.12. The number of hydrogen-bond donors (Lipinski definition) is 2. The zero-order chi connectivity index (χ0) is 13.6. The van der Waals surface area contributed by atoms with Crippen LogP contribution in [0.4, 0.5) is 11.4 Å². The van der Waals surface area contributed by atoms with Crippen molar-refractivity contribution >= 4 is 21.4 Å². The maximum Gasteiger partial charge on any atom is 0.232 e. The Morgan fingerprint density at radius 2 is 2.22 bits per heavy atom. The van der Waals surface area contributed by atoms with E-state index in [9.17, 15) is 8.42 Å². The number of rotatable bonds is 6. The molecule has 0 spiro atoms. The van der Waals surface area contributed by atoms with E-state index in [1.54, 1.807) is 0 Å². The number of benzene rings is 1. The van der Waals surface area contributed by atoms with Crippen molar-refractivity contribution in [3.63, 3.8) is 0 Å². The van der Waals surface area contributed by atoms with E-state index in [-0.39, 0.29) is 17.0 Å². The van der Waals surface area contributed by atoms with Crippen molar-refractivity contribution < 1.29 is 13.2 Å². The number of nitrogens with one attached hydrogen (secondary N) is 1. The molecule has 98 valence electrons. The van der Waals surface area contributed by atoms with Crippen LogP contribution >= 0.6 is 0 Å². The highest BCUT2D eigenvalue weighted by atomic mass is 32.2. The molecule has 0 bridgehead atoms. The van der Waals surface area contributed by atoms with Gasteiger partial charge in [-0.1, -0.05) is 0 Å². The van der Waals surface area contributed by atoms with Crippen molar-refractivity contribution in [2.45, 2.75) is 6.42 Å². The number of methoxy groups -OCH3 is 1. The molecule has 0 amide bonds. The molecule has 0 heterocycles. The number of ether oxygens (including phenoxy) is 1. The molecule has 0 aliphatic heterocycles. The summed E-state index contributed by atoms with van der Waals surface area (Å²) < 4.78 is 30.6. The Morgan fingerprint density at radius 3 is 2.83 bits per heavy atom. The van der Waals surface area contributed by atoms with Gasteiger partial charge in [0.2, 0.25) is 10.0 Å². The molecule has 0 radical (unpaired) electrons. The maximum absolute atomic E-state index is 11.7. The minimum Gasteiger partial charge on any atom is -0.399 e. The van der Waals surface area contributed by atoms with Gasteiger partial charge in [0.1, 0.15) is 6.07 Å². The van der Waals surface area contributed by atoms with Crippen molar-refractivity contribution in [2.75, 3.05) is 29.9 Å². The van der Waals surface area contributed by atoms with Gasteiger partial charge >= 0.3 is 0 Å². The number of anilines is 2. The predicted molar refractivity (Wildman–Crippen MR) is 69.5 cm³/mol. The molecule has 0 atom stereocenters. The van der Waals surface area contributed by atoms with Crippen LogP contribution in [0.5, 0.6) is 0 Å². The lowest BCUT2D eigenvalue weighted by molar-refractivity contribution is 0.199. The molecule has 1 aromatic rings. The third-order valence-corrected chi connectivity index (χ3v) is 3.55. The zero-order valence-corrected chi connectivity index (χ0v) is 10.8. The SMILES string of the molecule is COCCCS(=O)(=O)Nc1ccc(N)cc1C#N. The molecule has 6 nitrogen and oxygen atoms in total. The summed E-state index contributed by atoms with van der Waals surface area (Å²) in [6.07, 6.45) is 0.392. The van der Waals surface area contributed by atoms with Gasteiger partial charge in [-0.05, 0) is 24.6 Å². The summed E-state index contributed by atoms with van der Waals surface area (Å²) in [5.74, 6) is -0.0594. The van der Waals surface area contributed by atoms with Crippen molar-refractivity contribution in [1.82, 2.24) is 0 Å². The molecule has 0 saturated heterocycles. The van der Waals surface area contributed by atoms with E-state index in [1.807, 2.05) is 6.07 Å². The largest absolute Gasteiger partial charge is 0.399 e. The molecule has 1 aromatic carbocycles. The van der Waals surface area contributed by atoms with Crippen molar-refractivity contribution in [2.24, 2.45) is 0 Å². The molecule has 0 unspecified atom stereocenters. The minimum absolute atomic E-state index is 0.0594. The molecule has 0 fully saturated rings. The maximum atomic E-state index is 11.7. The van der Waals surface area contributed by atoms with Crippen LogP contribution in [0.25, 0.3) is 0 Å². The first kappa shape index (κ1) is 14.3. The van der Waals surface area contributed by atoms with E-state index < -0.39 is 10.0 Å². The molecule has 18 heavy (non-hydrogen) atoms. The van der Waals surface area contributed by atoms with E-state index in [0.717, 1.165) is 0 Å². The lowest BCUT2D eigenvalue weighted by atomic mass is 10.2. The summed E-state index contributed by atoms with van der Waals surface area (Å²) in [5, 5.41) is 8.89. The highest BCUT2D eigenvalue weighted by Crippen LogP contribution is 2.19. The summed E-state index contributed by atoms with van der Waals surface area (Å²) in [5.41, 5.74) is 6.37. The summed E-state index contributed by atoms with van der Waals surface area (Å²) in [4.78, 5) is 0. The Kier molecular flexibility index (Phi) is 4.95. The molecule has 1 rings (SSSR count). The first-order valence-corrected chi connectivity index (χ1v) is 6.93. The van der Waals surface area contributed by atoms with Crippen LogP contribution in [0, 0.1) is 11.3 Å². The first-order chi connectivity index (χ1) is 8.48. The quantitative estimate of drug-likeness (QED) is 0.590. The van der Waals surface area contributed by atoms with E-state index in [2.05, 4.69) is 4.72 Å². The third kappa shape index (κ3) is 4.24. The fraction of sp³-hybridized carbons (Fsp3) is 0.364. The predicted octanol–water partition coefficient (Wildman–Crippen LogP) is 0.919. The van der Waals surface area contributed by atoms with Crippen LogP contribution in [0.3, 0.4) is 0 Å². The molecule has 0 aromatic heterocycles. The second-order valence-corrected chi connectivity index (χ2v) is 5.53. The van der Waals surface area contributed by atoms with Gasteiger partial charge < -0.3 is 10.5 Å². The smallest absolute Gasteiger partial charge is 0.232 e. The molecular weight excluding hydrogens is 254 g/mol. The number of nitrogen functional groups attached to an aromatic ring is 1. The Labute approximate surface area is 106 Å². The van der Waals surface area contributed by atoms with Gasteiger partial charge in [0.15, 0.2) is 0 Å². The lowest BCUT2D eigenvalue weighted by Gasteiger charge is -2.09. The van der Waals surface area contributed by atoms with Crippen LogP contribution in [0.2, 0.25) is 0 Å². The number of hydrogen-bond acceptors (Lipinski definition) is 5. The highest BCUT2D eigenvalue weighted by molar-refractivity contribution is 7.92. The van der Waals surface area contributed by atoms with Gasteiger partial charge in [-0.3, -0.25) is 4.72 Å². The van der Waals surface area contributed by atoms with Crippen molar-refractivity contribution in [1.29, 1.82) is 5.26 Å². The van der Waals surface area contributed by atoms with E-state index in [0.29, 0.717) is 18.7 Å². The Morgan fingerprint density at radius 1 is 1.50 bits per heavy atom. The Balaban J connectivity index is 2.81. The summed E-state index contributed by atoms with van der Waals surface area (Å²) >= 11 is 0. The van der Waals surface area contributed by atoms with Gasteiger partial charge in [0.25, 0.3) is 0 Å². The minimum atomic E-state index is -3.47. The number of nitriles is 1. The fourth-order valence-corrected chi connectivity index (χ4v) is 2.47. The molecule has 3 N–H and O–H groups in total. The van der Waals surface area contributed by atoms with Gasteiger partial charge in [-0.25, -0.2) is 8.42 Å². The summed E-state index contributed by atoms with van der Waals surface area (Å²) in [6.45, 7) is 0.369. The molecule has 0 aliphatic rings. The van der Waals surface area contributed by atoms with Gasteiger partial charge in [0, 0.05) is 19.4 Å². The van der Waals surface area contributed by atoms with E-state index >= 15 is 0 Å². The van der Waals surface area contributed by atoms with Crippen molar-refractivity contribution in [3.05, 3.63) is 23.8 Å². The molecule has 0 saturated carbocycles. The lowest BCUT2D eigenvalue weighted by Crippen LogP contribution is -2.18. The summed E-state index contributed by atoms with van der Waals surface area (Å²) in [6, 6.07) is 6.33. The number of sulfonamides is 1. The second kappa shape index (κ2) is 6.23. The molecule has 0 aliphatic carbocycles. The second-order valence-electron chi connectivity index (χ2n) is 3.68. The third-order valence-electron chi connectivity index (χ3n) is 2.19. The number of nitrogens with zero attached hydrogens (tertiary/aromatic N) is 1. The number of nitrogens with two attached hydrogens (primary N) is 1. The van der Waals surface area contributed by atoms with Crippen LogP contribution in [-0.2, 0) is 14.8 Å². The Bertz CT molecular complexity index is 549. The Hall–Kier alpha value is -1.78. The first-order valence-electron chi connectivity index (χ1n) is 5.27. The monoisotopic (exact) mass is 269 g/mol. The van der Waals surface area contributed by atoms with Crippen LogP contribution < -0.4 is 10.5 Å². The average Bonchev–Trinajstić information content (AvgIpc) is 2.31. The van der Waals surface area contributed by atoms with Gasteiger partial charge in [-0.15, -0.1) is 0 Å². The van der Waals surface area contributed by atoms with Crippen LogP contribution in [0.1, 0.15) is 12.0 Å². The average molecular weight is 269 g/mol. The van der Waals surface area contributed by atoms with Gasteiger partial charge in [-0.2, -0.15) is 5.26 Å². The molecule has 7 heteroatoms. The fourth-order valence-electron chi connectivity index (χ4n) is 1.36. The zero-order valence-electron chi connectivity index (χ0n) is 10.0. The van der Waals surface area contributed by atoms with E-state index in [4.69, 9.17) is 15.7 Å². The standard InChI is InChI=1S/C11H15N3O3S/c1-17-5-2-6-18(15,16)14-11-4-3-10(13)7-9(11)8-12/h3-4,7,14H,2,5-6,13H2,1H3. The van der Waals surface area contributed by atoms with Crippen LogP contribution in [0.15, 0.2) is 18.2 Å². The normalized spacial score (nSPS) is 10.9. The van der Waals surface area contributed by atoms with Crippen LogP contribution in [-0.4, -0.2) is 27.9 Å². The van der Waals surface area contributed by atoms with E-state index in [1.165, 1.54) is 25.3 Å². The van der Waals surface area contributed by atoms with Crippen molar-refractivity contribution in [3.8, 4) is 6.07 Å². The summed E-state index contributed by atoms with van der Waals surface area (Å²) in [7, 11) is -1.97. The topological polar surface area (TPSA) is 105 Å².